The summed E-state index contributed by atoms with van der Waals surface area (Å²) in [6.45, 7) is 3.56. The monoisotopic (exact) mass is 316 g/mol. The summed E-state index contributed by atoms with van der Waals surface area (Å²) >= 11 is 0. The molecule has 4 nitrogen and oxygen atoms in total. The quantitative estimate of drug-likeness (QED) is 0.848. The molecule has 0 saturated carbocycles. The molecule has 2 aromatic carbocycles. The van der Waals surface area contributed by atoms with Crippen molar-refractivity contribution in [3.63, 3.8) is 0 Å². The maximum atomic E-state index is 13.8. The van der Waals surface area contributed by atoms with E-state index in [1.54, 1.807) is 37.3 Å². The van der Waals surface area contributed by atoms with Gasteiger partial charge in [-0.1, -0.05) is 24.3 Å². The van der Waals surface area contributed by atoms with Crippen molar-refractivity contribution in [1.29, 1.82) is 0 Å². The molecule has 5 heteroatoms. The first-order valence-corrected chi connectivity index (χ1v) is 7.46. The highest BCUT2D eigenvalue weighted by molar-refractivity contribution is 5.94. The summed E-state index contributed by atoms with van der Waals surface area (Å²) in [5, 5.41) is 6.01. The number of hydrogen-bond acceptors (Lipinski definition) is 3. The van der Waals surface area contributed by atoms with Crippen molar-refractivity contribution in [3.8, 4) is 0 Å². The van der Waals surface area contributed by atoms with E-state index in [-0.39, 0.29) is 17.8 Å². The molecule has 2 unspecified atom stereocenters. The molecule has 0 bridgehead atoms. The molecule has 0 fully saturated rings. The molecule has 2 N–H and O–H groups in total. The first-order valence-electron chi connectivity index (χ1n) is 7.46. The van der Waals surface area contributed by atoms with E-state index in [1.165, 1.54) is 13.2 Å². The number of anilines is 2. The van der Waals surface area contributed by atoms with Crippen LogP contribution in [0.25, 0.3) is 0 Å². The number of rotatable bonds is 6. The van der Waals surface area contributed by atoms with Crippen LogP contribution in [0.15, 0.2) is 48.5 Å². The first kappa shape index (κ1) is 17.0. The van der Waals surface area contributed by atoms with Crippen molar-refractivity contribution >= 4 is 17.3 Å². The Morgan fingerprint density at radius 3 is 2.48 bits per heavy atom. The molecule has 0 heterocycles. The second-order valence-corrected chi connectivity index (χ2v) is 5.34. The van der Waals surface area contributed by atoms with Crippen LogP contribution < -0.4 is 10.6 Å². The van der Waals surface area contributed by atoms with Crippen LogP contribution in [-0.4, -0.2) is 19.1 Å². The predicted octanol–water partition coefficient (Wildman–Crippen LogP) is 3.97. The minimum atomic E-state index is -0.524. The van der Waals surface area contributed by atoms with Gasteiger partial charge in [0.05, 0.1) is 6.04 Å². The van der Waals surface area contributed by atoms with Crippen molar-refractivity contribution in [1.82, 2.24) is 0 Å². The summed E-state index contributed by atoms with van der Waals surface area (Å²) in [6.07, 6.45) is -0.524. The molecule has 0 spiro atoms. The lowest BCUT2D eigenvalue weighted by molar-refractivity contribution is -0.124. The van der Waals surface area contributed by atoms with Gasteiger partial charge in [-0.15, -0.1) is 0 Å². The molecule has 2 atom stereocenters. The van der Waals surface area contributed by atoms with Crippen molar-refractivity contribution in [3.05, 3.63) is 59.9 Å². The van der Waals surface area contributed by atoms with Crippen LogP contribution in [0, 0.1) is 5.82 Å². The molecule has 0 aliphatic heterocycles. The number of nitrogens with one attached hydrogen (secondary N) is 2. The molecule has 122 valence electrons. The topological polar surface area (TPSA) is 50.4 Å². The van der Waals surface area contributed by atoms with E-state index < -0.39 is 6.10 Å². The van der Waals surface area contributed by atoms with Crippen LogP contribution in [0.4, 0.5) is 15.8 Å². The third-order valence-corrected chi connectivity index (χ3v) is 3.61. The number of ether oxygens (including phenoxy) is 1. The smallest absolute Gasteiger partial charge is 0.253 e. The van der Waals surface area contributed by atoms with E-state index in [9.17, 15) is 9.18 Å². The number of hydrogen-bond donors (Lipinski definition) is 2. The van der Waals surface area contributed by atoms with Crippen LogP contribution in [-0.2, 0) is 9.53 Å². The minimum absolute atomic E-state index is 0.194. The van der Waals surface area contributed by atoms with E-state index >= 15 is 0 Å². The lowest BCUT2D eigenvalue weighted by Crippen LogP contribution is -2.26. The van der Waals surface area contributed by atoms with Crippen molar-refractivity contribution in [2.75, 3.05) is 17.7 Å². The lowest BCUT2D eigenvalue weighted by atomic mass is 10.1. The number of carbonyl (C=O) groups is 1. The van der Waals surface area contributed by atoms with E-state index in [0.29, 0.717) is 11.3 Å². The largest absolute Gasteiger partial charge is 0.378 e. The van der Waals surface area contributed by atoms with Gasteiger partial charge >= 0.3 is 0 Å². The summed E-state index contributed by atoms with van der Waals surface area (Å²) < 4.78 is 18.8. The molecule has 1 amide bonds. The zero-order valence-corrected chi connectivity index (χ0v) is 13.5. The summed E-state index contributed by atoms with van der Waals surface area (Å²) in [5.74, 6) is -0.460. The van der Waals surface area contributed by atoms with Gasteiger partial charge in [0.2, 0.25) is 0 Å². The molecule has 0 saturated heterocycles. The summed E-state index contributed by atoms with van der Waals surface area (Å²) in [5.41, 5.74) is 2.04. The Bertz CT molecular complexity index is 676. The van der Waals surface area contributed by atoms with Gasteiger partial charge in [0.1, 0.15) is 11.9 Å². The Morgan fingerprint density at radius 2 is 1.78 bits per heavy atom. The fourth-order valence-corrected chi connectivity index (χ4v) is 2.19. The highest BCUT2D eigenvalue weighted by Gasteiger charge is 2.13. The zero-order valence-electron chi connectivity index (χ0n) is 13.5. The lowest BCUT2D eigenvalue weighted by Gasteiger charge is -2.17. The molecule has 23 heavy (non-hydrogen) atoms. The van der Waals surface area contributed by atoms with E-state index in [1.807, 2.05) is 19.1 Å². The Morgan fingerprint density at radius 1 is 1.09 bits per heavy atom. The van der Waals surface area contributed by atoms with Crippen LogP contribution in [0.2, 0.25) is 0 Å². The standard InChI is InChI=1S/C18H21FN2O2/c1-12(16-9-4-5-10-17(16)19)20-14-7-6-8-15(11-14)21-18(22)13(2)23-3/h4-13,20H,1-3H3,(H,21,22). The van der Waals surface area contributed by atoms with E-state index in [0.717, 1.165) is 5.69 Å². The normalized spacial score (nSPS) is 13.2. The Balaban J connectivity index is 2.08. The van der Waals surface area contributed by atoms with Gasteiger partial charge in [-0.2, -0.15) is 0 Å². The maximum Gasteiger partial charge on any atom is 0.253 e. The second-order valence-electron chi connectivity index (χ2n) is 5.34. The molecular weight excluding hydrogens is 295 g/mol. The molecule has 0 aliphatic rings. The summed E-state index contributed by atoms with van der Waals surface area (Å²) in [7, 11) is 1.48. The molecular formula is C18H21FN2O2. The fourth-order valence-electron chi connectivity index (χ4n) is 2.19. The van der Waals surface area contributed by atoms with Crippen LogP contribution >= 0.6 is 0 Å². The van der Waals surface area contributed by atoms with Crippen molar-refractivity contribution < 1.29 is 13.9 Å². The minimum Gasteiger partial charge on any atom is -0.378 e. The van der Waals surface area contributed by atoms with Gasteiger partial charge in [0.15, 0.2) is 0 Å². The van der Waals surface area contributed by atoms with Gasteiger partial charge in [-0.05, 0) is 38.1 Å². The van der Waals surface area contributed by atoms with Crippen molar-refractivity contribution in [2.45, 2.75) is 26.0 Å². The molecule has 0 aromatic heterocycles. The van der Waals surface area contributed by atoms with Crippen LogP contribution in [0.1, 0.15) is 25.5 Å². The van der Waals surface area contributed by atoms with Crippen molar-refractivity contribution in [2.24, 2.45) is 0 Å². The molecule has 2 rings (SSSR count). The highest BCUT2D eigenvalue weighted by atomic mass is 19.1. The number of amides is 1. The molecule has 0 radical (unpaired) electrons. The number of carbonyl (C=O) groups excluding carboxylic acids is 1. The first-order chi connectivity index (χ1) is 11.0. The van der Waals surface area contributed by atoms with Gasteiger partial charge in [-0.3, -0.25) is 4.79 Å². The van der Waals surface area contributed by atoms with Gasteiger partial charge in [-0.25, -0.2) is 4.39 Å². The van der Waals surface area contributed by atoms with Gasteiger partial charge in [0.25, 0.3) is 5.91 Å². The van der Waals surface area contributed by atoms with Gasteiger partial charge < -0.3 is 15.4 Å². The SMILES string of the molecule is COC(C)C(=O)Nc1cccc(NC(C)c2ccccc2F)c1. The fraction of sp³-hybridized carbons (Fsp3) is 0.278. The third kappa shape index (κ3) is 4.53. The number of methoxy groups -OCH3 is 1. The van der Waals surface area contributed by atoms with Crippen LogP contribution in [0.3, 0.4) is 0 Å². The third-order valence-electron chi connectivity index (χ3n) is 3.61. The Kier molecular flexibility index (Phi) is 5.71. The average molecular weight is 316 g/mol. The molecule has 0 aliphatic carbocycles. The highest BCUT2D eigenvalue weighted by Crippen LogP contribution is 2.23. The van der Waals surface area contributed by atoms with E-state index in [2.05, 4.69) is 10.6 Å². The number of benzene rings is 2. The maximum absolute atomic E-state index is 13.8. The molecule has 2 aromatic rings. The Hall–Kier alpha value is -2.40. The second kappa shape index (κ2) is 7.74. The summed E-state index contributed by atoms with van der Waals surface area (Å²) in [6, 6.07) is 13.8. The predicted molar refractivity (Wildman–Crippen MR) is 90.0 cm³/mol. The zero-order chi connectivity index (χ0) is 16.8. The number of halogens is 1. The Labute approximate surface area is 135 Å². The van der Waals surface area contributed by atoms with Gasteiger partial charge in [0, 0.05) is 24.0 Å². The van der Waals surface area contributed by atoms with Crippen LogP contribution in [0.5, 0.6) is 0 Å². The summed E-state index contributed by atoms with van der Waals surface area (Å²) in [4.78, 5) is 11.8. The van der Waals surface area contributed by atoms with E-state index in [4.69, 9.17) is 4.74 Å². The average Bonchev–Trinajstić information content (AvgIpc) is 2.54.